The van der Waals surface area contributed by atoms with E-state index < -0.39 is 18.6 Å². The molecule has 0 bridgehead atoms. The lowest BCUT2D eigenvalue weighted by molar-refractivity contribution is -0.125. The van der Waals surface area contributed by atoms with Gasteiger partial charge < -0.3 is 11.1 Å². The van der Waals surface area contributed by atoms with E-state index in [9.17, 15) is 18.0 Å². The van der Waals surface area contributed by atoms with Gasteiger partial charge in [0.1, 0.15) is 0 Å². The normalized spacial score (nSPS) is 13.1. The minimum Gasteiger partial charge on any atom is -0.330 e. The maximum atomic E-state index is 12.1. The fourth-order valence-corrected chi connectivity index (χ4v) is 0.552. The van der Waals surface area contributed by atoms with Crippen molar-refractivity contribution in [2.24, 2.45) is 5.73 Å². The van der Waals surface area contributed by atoms with E-state index in [0.717, 1.165) is 0 Å². The molecule has 0 radical (unpaired) electrons. The standard InChI is InChI=1S/C6H11F3N2O/c7-5(8)6(9)11-4(12)2-1-3-10/h5-6H,1-3,10H2,(H,11,12). The molecule has 3 N–H and O–H groups in total. The number of nitrogens with two attached hydrogens (primary N) is 1. The first-order valence-corrected chi connectivity index (χ1v) is 3.49. The van der Waals surface area contributed by atoms with E-state index in [0.29, 0.717) is 6.42 Å². The summed E-state index contributed by atoms with van der Waals surface area (Å²) in [6, 6.07) is 0. The Morgan fingerprint density at radius 2 is 2.00 bits per heavy atom. The lowest BCUT2D eigenvalue weighted by Gasteiger charge is -2.08. The van der Waals surface area contributed by atoms with Crippen molar-refractivity contribution in [3.05, 3.63) is 0 Å². The summed E-state index contributed by atoms with van der Waals surface area (Å²) in [6.45, 7) is 0.277. The van der Waals surface area contributed by atoms with E-state index in [1.54, 1.807) is 0 Å². The summed E-state index contributed by atoms with van der Waals surface area (Å²) in [5, 5.41) is 1.50. The number of hydrogen-bond acceptors (Lipinski definition) is 2. The number of carbonyl (C=O) groups excluding carboxylic acids is 1. The van der Waals surface area contributed by atoms with Crippen LogP contribution in [0, 0.1) is 0 Å². The maximum Gasteiger partial charge on any atom is 0.287 e. The van der Waals surface area contributed by atoms with Gasteiger partial charge in [-0.2, -0.15) is 0 Å². The largest absolute Gasteiger partial charge is 0.330 e. The average molecular weight is 184 g/mol. The molecule has 6 heteroatoms. The van der Waals surface area contributed by atoms with Crippen LogP contribution in [0.5, 0.6) is 0 Å². The van der Waals surface area contributed by atoms with Gasteiger partial charge in [0.05, 0.1) is 0 Å². The minimum absolute atomic E-state index is 0.0242. The molecule has 1 unspecified atom stereocenters. The topological polar surface area (TPSA) is 55.1 Å². The van der Waals surface area contributed by atoms with Crippen molar-refractivity contribution in [3.8, 4) is 0 Å². The third kappa shape index (κ3) is 4.95. The summed E-state index contributed by atoms with van der Waals surface area (Å²) in [7, 11) is 0. The maximum absolute atomic E-state index is 12.1. The zero-order valence-corrected chi connectivity index (χ0v) is 6.40. The van der Waals surface area contributed by atoms with Gasteiger partial charge in [-0.05, 0) is 13.0 Å². The number of halogens is 3. The molecule has 0 aromatic heterocycles. The van der Waals surface area contributed by atoms with E-state index in [2.05, 4.69) is 0 Å². The van der Waals surface area contributed by atoms with E-state index >= 15 is 0 Å². The molecule has 0 aliphatic rings. The van der Waals surface area contributed by atoms with Gasteiger partial charge in [0.2, 0.25) is 12.2 Å². The average Bonchev–Trinajstić information content (AvgIpc) is 2.00. The van der Waals surface area contributed by atoms with Crippen LogP contribution in [0.2, 0.25) is 0 Å². The van der Waals surface area contributed by atoms with Gasteiger partial charge in [0.25, 0.3) is 6.43 Å². The van der Waals surface area contributed by atoms with Crippen molar-refractivity contribution < 1.29 is 18.0 Å². The summed E-state index contributed by atoms with van der Waals surface area (Å²) < 4.78 is 35.1. The van der Waals surface area contributed by atoms with Gasteiger partial charge in [-0.3, -0.25) is 4.79 Å². The van der Waals surface area contributed by atoms with Crippen molar-refractivity contribution in [2.75, 3.05) is 6.54 Å². The van der Waals surface area contributed by atoms with Crippen molar-refractivity contribution in [3.63, 3.8) is 0 Å². The molecule has 0 rings (SSSR count). The zero-order valence-electron chi connectivity index (χ0n) is 6.40. The van der Waals surface area contributed by atoms with E-state index in [-0.39, 0.29) is 13.0 Å². The fraction of sp³-hybridized carbons (Fsp3) is 0.833. The van der Waals surface area contributed by atoms with Gasteiger partial charge in [-0.1, -0.05) is 0 Å². The van der Waals surface area contributed by atoms with Crippen LogP contribution in [0.1, 0.15) is 12.8 Å². The number of amides is 1. The Kier molecular flexibility index (Phi) is 5.44. The molecule has 0 aromatic rings. The summed E-state index contributed by atoms with van der Waals surface area (Å²) in [5.74, 6) is -0.742. The van der Waals surface area contributed by atoms with Crippen molar-refractivity contribution in [1.29, 1.82) is 0 Å². The Bertz CT molecular complexity index is 143. The number of rotatable bonds is 5. The third-order valence-corrected chi connectivity index (χ3v) is 1.13. The molecule has 12 heavy (non-hydrogen) atoms. The highest BCUT2D eigenvalue weighted by Crippen LogP contribution is 2.02. The van der Waals surface area contributed by atoms with Gasteiger partial charge >= 0.3 is 0 Å². The van der Waals surface area contributed by atoms with E-state index in [1.807, 2.05) is 0 Å². The predicted octanol–water partition coefficient (Wildman–Crippen LogP) is 0.402. The first kappa shape index (κ1) is 11.2. The lowest BCUT2D eigenvalue weighted by atomic mass is 10.3. The summed E-state index contributed by atoms with van der Waals surface area (Å²) in [4.78, 5) is 10.6. The first-order valence-electron chi connectivity index (χ1n) is 3.49. The molecule has 1 atom stereocenters. The lowest BCUT2D eigenvalue weighted by Crippen LogP contribution is -2.36. The number of alkyl halides is 3. The van der Waals surface area contributed by atoms with Crippen molar-refractivity contribution in [1.82, 2.24) is 5.32 Å². The van der Waals surface area contributed by atoms with Crippen LogP contribution in [0.25, 0.3) is 0 Å². The van der Waals surface area contributed by atoms with Crippen LogP contribution in [-0.4, -0.2) is 25.2 Å². The Balaban J connectivity index is 3.54. The summed E-state index contributed by atoms with van der Waals surface area (Å²) in [5.41, 5.74) is 5.05. The molecule has 1 amide bonds. The molecule has 3 nitrogen and oxygen atoms in total. The molecular weight excluding hydrogens is 173 g/mol. The van der Waals surface area contributed by atoms with Gasteiger partial charge in [-0.15, -0.1) is 0 Å². The van der Waals surface area contributed by atoms with Crippen molar-refractivity contribution in [2.45, 2.75) is 25.6 Å². The highest BCUT2D eigenvalue weighted by molar-refractivity contribution is 5.76. The van der Waals surface area contributed by atoms with Crippen LogP contribution in [0.15, 0.2) is 0 Å². The second-order valence-corrected chi connectivity index (χ2v) is 2.20. The van der Waals surface area contributed by atoms with E-state index in [4.69, 9.17) is 5.73 Å². The van der Waals surface area contributed by atoms with Crippen LogP contribution < -0.4 is 11.1 Å². The number of carbonyl (C=O) groups is 1. The zero-order chi connectivity index (χ0) is 9.56. The predicted molar refractivity (Wildman–Crippen MR) is 37.3 cm³/mol. The van der Waals surface area contributed by atoms with Gasteiger partial charge in [-0.25, -0.2) is 13.2 Å². The number of nitrogens with one attached hydrogen (secondary N) is 1. The minimum atomic E-state index is -3.17. The second-order valence-electron chi connectivity index (χ2n) is 2.20. The molecule has 72 valence electrons. The number of hydrogen-bond donors (Lipinski definition) is 2. The molecule has 0 aromatic carbocycles. The highest BCUT2D eigenvalue weighted by Gasteiger charge is 2.20. The SMILES string of the molecule is NCCCC(=O)NC(F)C(F)F. The molecule has 0 spiro atoms. The summed E-state index contributed by atoms with van der Waals surface area (Å²) in [6.07, 6.45) is -5.41. The van der Waals surface area contributed by atoms with Crippen LogP contribution in [-0.2, 0) is 4.79 Å². The Labute approximate surface area is 68.1 Å². The monoisotopic (exact) mass is 184 g/mol. The highest BCUT2D eigenvalue weighted by atomic mass is 19.3. The molecular formula is C6H11F3N2O. The molecule has 0 aliphatic heterocycles. The van der Waals surface area contributed by atoms with Crippen LogP contribution in [0.3, 0.4) is 0 Å². The molecule has 0 aliphatic carbocycles. The Morgan fingerprint density at radius 1 is 1.42 bits per heavy atom. The second kappa shape index (κ2) is 5.82. The molecule has 0 fully saturated rings. The van der Waals surface area contributed by atoms with Crippen LogP contribution in [0.4, 0.5) is 13.2 Å². The van der Waals surface area contributed by atoms with Gasteiger partial charge in [0.15, 0.2) is 0 Å². The molecule has 0 heterocycles. The molecule has 0 saturated carbocycles. The third-order valence-electron chi connectivity index (χ3n) is 1.13. The first-order chi connectivity index (χ1) is 5.57. The molecule has 0 saturated heterocycles. The van der Waals surface area contributed by atoms with E-state index in [1.165, 1.54) is 5.32 Å². The van der Waals surface area contributed by atoms with Crippen molar-refractivity contribution >= 4 is 5.91 Å². The summed E-state index contributed by atoms with van der Waals surface area (Å²) >= 11 is 0. The van der Waals surface area contributed by atoms with Gasteiger partial charge in [0, 0.05) is 6.42 Å². The quantitative estimate of drug-likeness (QED) is 0.608. The smallest absolute Gasteiger partial charge is 0.287 e. The Hall–Kier alpha value is -0.780. The Morgan fingerprint density at radius 3 is 2.42 bits per heavy atom. The fourth-order valence-electron chi connectivity index (χ4n) is 0.552. The van der Waals surface area contributed by atoms with Crippen LogP contribution >= 0.6 is 0 Å².